The Labute approximate surface area is 140 Å². The minimum Gasteiger partial charge on any atom is -0.480 e. The van der Waals surface area contributed by atoms with Crippen LogP contribution >= 0.6 is 7.75 Å². The molecule has 0 saturated carbocycles. The van der Waals surface area contributed by atoms with Crippen molar-refractivity contribution < 1.29 is 29.0 Å². The largest absolute Gasteiger partial charge is 0.480 e. The van der Waals surface area contributed by atoms with E-state index < -0.39 is 31.7 Å². The van der Waals surface area contributed by atoms with E-state index in [1.807, 2.05) is 5.09 Å². The van der Waals surface area contributed by atoms with Gasteiger partial charge in [-0.25, -0.2) is 14.4 Å². The predicted molar refractivity (Wildman–Crippen MR) is 88.1 cm³/mol. The monoisotopic (exact) mass is 358 g/mol. The highest BCUT2D eigenvalue weighted by Gasteiger charge is 2.30. The van der Waals surface area contributed by atoms with E-state index >= 15 is 0 Å². The number of amides is 1. The molecule has 0 bridgehead atoms. The molecule has 9 heteroatoms. The quantitative estimate of drug-likeness (QED) is 0.414. The normalized spacial score (nSPS) is 14.2. The summed E-state index contributed by atoms with van der Waals surface area (Å²) in [7, 11) is -4.62. The number of carboxylic acids is 1. The van der Waals surface area contributed by atoms with Crippen LogP contribution in [-0.2, 0) is 20.6 Å². The SMILES string of the molecule is CC(C)C[C@H](NP(=O)(O)O)C(=O)N[C@@H](Cc1ccccc1)C(=O)O. The van der Waals surface area contributed by atoms with Gasteiger partial charge in [-0.3, -0.25) is 4.79 Å². The molecule has 0 aliphatic carbocycles. The highest BCUT2D eigenvalue weighted by molar-refractivity contribution is 7.49. The van der Waals surface area contributed by atoms with E-state index in [4.69, 9.17) is 9.79 Å². The summed E-state index contributed by atoms with van der Waals surface area (Å²) in [4.78, 5) is 41.7. The number of carbonyl (C=O) groups is 2. The molecule has 0 aromatic heterocycles. The van der Waals surface area contributed by atoms with Gasteiger partial charge in [-0.1, -0.05) is 44.2 Å². The topological polar surface area (TPSA) is 136 Å². The third-order valence-electron chi connectivity index (χ3n) is 3.24. The fourth-order valence-corrected chi connectivity index (χ4v) is 2.84. The molecule has 0 saturated heterocycles. The molecule has 24 heavy (non-hydrogen) atoms. The van der Waals surface area contributed by atoms with E-state index in [1.54, 1.807) is 44.2 Å². The molecule has 1 aromatic carbocycles. The Bertz CT molecular complexity index is 601. The van der Waals surface area contributed by atoms with Crippen LogP contribution in [0.4, 0.5) is 0 Å². The zero-order chi connectivity index (χ0) is 18.3. The van der Waals surface area contributed by atoms with Crippen molar-refractivity contribution in [2.24, 2.45) is 5.92 Å². The highest BCUT2D eigenvalue weighted by atomic mass is 31.2. The van der Waals surface area contributed by atoms with Crippen LogP contribution in [0.1, 0.15) is 25.8 Å². The first-order chi connectivity index (χ1) is 11.1. The first-order valence-corrected chi connectivity index (χ1v) is 9.10. The summed E-state index contributed by atoms with van der Waals surface area (Å²) in [6.45, 7) is 3.58. The van der Waals surface area contributed by atoms with Crippen LogP contribution < -0.4 is 10.4 Å². The van der Waals surface area contributed by atoms with Crippen molar-refractivity contribution in [3.05, 3.63) is 35.9 Å². The summed E-state index contributed by atoms with van der Waals surface area (Å²) in [5, 5.41) is 13.6. The molecular formula is C15H23N2O6P. The van der Waals surface area contributed by atoms with Gasteiger partial charge in [0.25, 0.3) is 0 Å². The van der Waals surface area contributed by atoms with Crippen molar-refractivity contribution in [3.8, 4) is 0 Å². The summed E-state index contributed by atoms with van der Waals surface area (Å²) >= 11 is 0. The standard InChI is InChI=1S/C15H23N2O6P/c1-10(2)8-12(17-24(21,22)23)14(18)16-13(15(19)20)9-11-6-4-3-5-7-11/h3-7,10,12-13H,8-9H2,1-2H3,(H,16,18)(H,19,20)(H3,17,21,22,23)/t12-,13-/m0/s1. The number of nitrogens with one attached hydrogen (secondary N) is 2. The second-order valence-electron chi connectivity index (χ2n) is 5.94. The summed E-state index contributed by atoms with van der Waals surface area (Å²) in [5.74, 6) is -1.99. The Hall–Kier alpha value is -1.73. The molecule has 0 radical (unpaired) electrons. The Morgan fingerprint density at radius 2 is 1.71 bits per heavy atom. The van der Waals surface area contributed by atoms with Gasteiger partial charge >= 0.3 is 13.7 Å². The van der Waals surface area contributed by atoms with Crippen molar-refractivity contribution in [2.45, 2.75) is 38.8 Å². The smallest absolute Gasteiger partial charge is 0.401 e. The Morgan fingerprint density at radius 1 is 1.12 bits per heavy atom. The first kappa shape index (κ1) is 20.3. The van der Waals surface area contributed by atoms with Crippen LogP contribution in [0.5, 0.6) is 0 Å². The molecule has 1 rings (SSSR count). The Morgan fingerprint density at radius 3 is 2.17 bits per heavy atom. The average Bonchev–Trinajstić information content (AvgIpc) is 2.44. The van der Waals surface area contributed by atoms with Crippen molar-refractivity contribution in [1.82, 2.24) is 10.4 Å². The van der Waals surface area contributed by atoms with Crippen LogP contribution in [0, 0.1) is 5.92 Å². The van der Waals surface area contributed by atoms with E-state index in [2.05, 4.69) is 5.32 Å². The van der Waals surface area contributed by atoms with Gasteiger partial charge in [0.2, 0.25) is 5.91 Å². The zero-order valence-corrected chi connectivity index (χ0v) is 14.4. The van der Waals surface area contributed by atoms with Crippen molar-refractivity contribution in [3.63, 3.8) is 0 Å². The summed E-state index contributed by atoms with van der Waals surface area (Å²) in [5.41, 5.74) is 0.730. The Kier molecular flexibility index (Phi) is 7.57. The maximum atomic E-state index is 12.3. The number of carboxylic acid groups (broad SMARTS) is 1. The minimum absolute atomic E-state index is 0.0165. The summed E-state index contributed by atoms with van der Waals surface area (Å²) < 4.78 is 11.1. The van der Waals surface area contributed by atoms with E-state index in [0.717, 1.165) is 5.56 Å². The van der Waals surface area contributed by atoms with Crippen LogP contribution in [-0.4, -0.2) is 38.9 Å². The molecule has 0 spiro atoms. The number of benzene rings is 1. The second-order valence-corrected chi connectivity index (χ2v) is 7.29. The lowest BCUT2D eigenvalue weighted by Gasteiger charge is -2.23. The fourth-order valence-electron chi connectivity index (χ4n) is 2.21. The number of hydrogen-bond donors (Lipinski definition) is 5. The van der Waals surface area contributed by atoms with Crippen LogP contribution in [0.3, 0.4) is 0 Å². The van der Waals surface area contributed by atoms with Gasteiger partial charge in [-0.15, -0.1) is 0 Å². The molecule has 0 unspecified atom stereocenters. The number of rotatable bonds is 9. The van der Waals surface area contributed by atoms with E-state index in [0.29, 0.717) is 0 Å². The maximum absolute atomic E-state index is 12.3. The van der Waals surface area contributed by atoms with Crippen molar-refractivity contribution >= 4 is 19.6 Å². The lowest BCUT2D eigenvalue weighted by atomic mass is 10.0. The number of carbonyl (C=O) groups excluding carboxylic acids is 1. The number of hydrogen-bond acceptors (Lipinski definition) is 3. The molecule has 1 amide bonds. The van der Waals surface area contributed by atoms with Gasteiger partial charge in [0.05, 0.1) is 6.04 Å². The van der Waals surface area contributed by atoms with Crippen LogP contribution in [0.25, 0.3) is 0 Å². The van der Waals surface area contributed by atoms with Gasteiger partial charge in [-0.05, 0) is 17.9 Å². The molecule has 0 fully saturated rings. The molecule has 0 aliphatic heterocycles. The lowest BCUT2D eigenvalue weighted by Crippen LogP contribution is -2.50. The van der Waals surface area contributed by atoms with Gasteiger partial charge in [0.1, 0.15) is 6.04 Å². The molecule has 0 aliphatic rings. The van der Waals surface area contributed by atoms with E-state index in [-0.39, 0.29) is 18.8 Å². The lowest BCUT2D eigenvalue weighted by molar-refractivity contribution is -0.142. The number of aliphatic carboxylic acids is 1. The third kappa shape index (κ3) is 7.70. The minimum atomic E-state index is -4.62. The molecule has 1 aromatic rings. The van der Waals surface area contributed by atoms with E-state index in [1.165, 1.54) is 0 Å². The molecule has 5 N–H and O–H groups in total. The first-order valence-electron chi connectivity index (χ1n) is 7.49. The van der Waals surface area contributed by atoms with E-state index in [9.17, 15) is 19.3 Å². The second kappa shape index (κ2) is 8.94. The average molecular weight is 358 g/mol. The third-order valence-corrected chi connectivity index (χ3v) is 3.89. The van der Waals surface area contributed by atoms with Crippen molar-refractivity contribution in [1.29, 1.82) is 0 Å². The van der Waals surface area contributed by atoms with Gasteiger partial charge < -0.3 is 20.2 Å². The maximum Gasteiger partial charge on any atom is 0.401 e. The summed E-state index contributed by atoms with van der Waals surface area (Å²) in [6, 6.07) is 6.42. The Balaban J connectivity index is 2.83. The molecule has 134 valence electrons. The highest BCUT2D eigenvalue weighted by Crippen LogP contribution is 2.30. The van der Waals surface area contributed by atoms with Gasteiger partial charge in [-0.2, -0.15) is 0 Å². The summed E-state index contributed by atoms with van der Waals surface area (Å²) in [6.07, 6.45) is 0.237. The van der Waals surface area contributed by atoms with Crippen molar-refractivity contribution in [2.75, 3.05) is 0 Å². The predicted octanol–water partition coefficient (Wildman–Crippen LogP) is 0.895. The fraction of sp³-hybridized carbons (Fsp3) is 0.467. The van der Waals surface area contributed by atoms with Gasteiger partial charge in [0, 0.05) is 6.42 Å². The molecular weight excluding hydrogens is 335 g/mol. The molecule has 8 nitrogen and oxygen atoms in total. The molecule has 0 heterocycles. The van der Waals surface area contributed by atoms with Crippen LogP contribution in [0.15, 0.2) is 30.3 Å². The zero-order valence-electron chi connectivity index (χ0n) is 13.5. The van der Waals surface area contributed by atoms with Gasteiger partial charge in [0.15, 0.2) is 0 Å². The van der Waals surface area contributed by atoms with Crippen LogP contribution in [0.2, 0.25) is 0 Å². The molecule has 2 atom stereocenters.